The van der Waals surface area contributed by atoms with Crippen molar-refractivity contribution in [2.24, 2.45) is 0 Å². The molecule has 0 unspecified atom stereocenters. The summed E-state index contributed by atoms with van der Waals surface area (Å²) >= 11 is 0. The first kappa shape index (κ1) is 16.7. The van der Waals surface area contributed by atoms with Gasteiger partial charge in [-0.15, -0.1) is 0 Å². The van der Waals surface area contributed by atoms with Crippen molar-refractivity contribution in [2.75, 3.05) is 6.54 Å². The Balaban J connectivity index is 1.62. The highest BCUT2D eigenvalue weighted by Crippen LogP contribution is 2.22. The normalized spacial score (nSPS) is 17.7. The minimum Gasteiger partial charge on any atom is -0.361 e. The van der Waals surface area contributed by atoms with Crippen LogP contribution in [0.25, 0.3) is 0 Å². The van der Waals surface area contributed by atoms with Crippen molar-refractivity contribution in [3.63, 3.8) is 0 Å². The molecule has 1 atom stereocenters. The van der Waals surface area contributed by atoms with Gasteiger partial charge in [-0.3, -0.25) is 9.48 Å². The smallest absolute Gasteiger partial charge is 0.223 e. The summed E-state index contributed by atoms with van der Waals surface area (Å²) in [5.41, 5.74) is 4.14. The first-order chi connectivity index (χ1) is 11.5. The van der Waals surface area contributed by atoms with Crippen LogP contribution in [0.3, 0.4) is 0 Å². The van der Waals surface area contributed by atoms with E-state index in [0.29, 0.717) is 12.8 Å². The maximum Gasteiger partial charge on any atom is 0.223 e. The third kappa shape index (κ3) is 3.37. The molecule has 24 heavy (non-hydrogen) atoms. The van der Waals surface area contributed by atoms with E-state index in [-0.39, 0.29) is 11.9 Å². The molecule has 6 heteroatoms. The predicted octanol–water partition coefficient (Wildman–Crippen LogP) is 2.73. The van der Waals surface area contributed by atoms with Crippen LogP contribution in [0.2, 0.25) is 0 Å². The van der Waals surface area contributed by atoms with Gasteiger partial charge in [0.2, 0.25) is 5.91 Å². The number of likely N-dealkylation sites (tertiary alicyclic amines) is 1. The third-order valence-electron chi connectivity index (χ3n) is 4.95. The van der Waals surface area contributed by atoms with Gasteiger partial charge in [0.15, 0.2) is 0 Å². The van der Waals surface area contributed by atoms with E-state index in [2.05, 4.69) is 23.2 Å². The number of hydrogen-bond acceptors (Lipinski definition) is 4. The summed E-state index contributed by atoms with van der Waals surface area (Å²) in [5, 5.41) is 8.50. The lowest BCUT2D eigenvalue weighted by Crippen LogP contribution is -2.38. The van der Waals surface area contributed by atoms with Gasteiger partial charge in [0.05, 0.1) is 24.0 Å². The fourth-order valence-electron chi connectivity index (χ4n) is 3.65. The average molecular weight is 330 g/mol. The van der Waals surface area contributed by atoms with Gasteiger partial charge in [-0.05, 0) is 53.0 Å². The minimum atomic E-state index is 0.221. The molecular formula is C18H26N4O2. The molecule has 1 fully saturated rings. The van der Waals surface area contributed by atoms with Gasteiger partial charge in [0, 0.05) is 24.2 Å². The number of rotatable bonds is 5. The van der Waals surface area contributed by atoms with Crippen molar-refractivity contribution in [1.29, 1.82) is 0 Å². The Kier molecular flexibility index (Phi) is 4.73. The highest BCUT2D eigenvalue weighted by atomic mass is 16.5. The first-order valence-electron chi connectivity index (χ1n) is 8.68. The molecule has 2 aromatic heterocycles. The van der Waals surface area contributed by atoms with E-state index in [4.69, 9.17) is 4.52 Å². The molecule has 2 aromatic rings. The van der Waals surface area contributed by atoms with E-state index in [0.717, 1.165) is 54.3 Å². The standard InChI is InChI=1S/C18H26N4O2/c1-12-10-13(2)22(19-12)11-16-6-5-9-21(16)18(23)8-7-17-14(3)20-24-15(17)4/h10,16H,5-9,11H2,1-4H3/t16-/m1/s1. The molecule has 1 saturated heterocycles. The van der Waals surface area contributed by atoms with Crippen LogP contribution in [0, 0.1) is 27.7 Å². The molecule has 6 nitrogen and oxygen atoms in total. The van der Waals surface area contributed by atoms with Gasteiger partial charge in [-0.2, -0.15) is 5.10 Å². The number of nitrogens with zero attached hydrogens (tertiary/aromatic N) is 4. The van der Waals surface area contributed by atoms with Crippen molar-refractivity contribution in [2.45, 2.75) is 66.0 Å². The number of carbonyl (C=O) groups is 1. The zero-order valence-corrected chi connectivity index (χ0v) is 15.0. The molecule has 1 aliphatic rings. The maximum atomic E-state index is 12.7. The predicted molar refractivity (Wildman–Crippen MR) is 90.7 cm³/mol. The topological polar surface area (TPSA) is 64.2 Å². The molecule has 0 aliphatic carbocycles. The largest absolute Gasteiger partial charge is 0.361 e. The van der Waals surface area contributed by atoms with Crippen molar-refractivity contribution >= 4 is 5.91 Å². The Labute approximate surface area is 142 Å². The Morgan fingerprint density at radius 3 is 2.75 bits per heavy atom. The van der Waals surface area contributed by atoms with Gasteiger partial charge in [-0.1, -0.05) is 5.16 Å². The number of amides is 1. The number of aryl methyl sites for hydroxylation is 4. The monoisotopic (exact) mass is 330 g/mol. The van der Waals surface area contributed by atoms with Gasteiger partial charge < -0.3 is 9.42 Å². The summed E-state index contributed by atoms with van der Waals surface area (Å²) in [7, 11) is 0. The van der Waals surface area contributed by atoms with Crippen molar-refractivity contribution in [1.82, 2.24) is 19.8 Å². The fraction of sp³-hybridized carbons (Fsp3) is 0.611. The second-order valence-corrected chi connectivity index (χ2v) is 6.80. The quantitative estimate of drug-likeness (QED) is 0.845. The van der Waals surface area contributed by atoms with Crippen LogP contribution < -0.4 is 0 Å². The van der Waals surface area contributed by atoms with Gasteiger partial charge in [-0.25, -0.2) is 0 Å². The minimum absolute atomic E-state index is 0.221. The van der Waals surface area contributed by atoms with E-state index in [1.807, 2.05) is 30.4 Å². The van der Waals surface area contributed by atoms with E-state index in [1.165, 1.54) is 0 Å². The lowest BCUT2D eigenvalue weighted by atomic mass is 10.1. The molecule has 0 spiro atoms. The maximum absolute atomic E-state index is 12.7. The van der Waals surface area contributed by atoms with Crippen molar-refractivity contribution in [3.05, 3.63) is 34.5 Å². The Bertz CT molecular complexity index is 712. The molecule has 0 saturated carbocycles. The molecule has 0 bridgehead atoms. The molecule has 0 aromatic carbocycles. The molecule has 0 radical (unpaired) electrons. The van der Waals surface area contributed by atoms with Crippen LogP contribution in [0.5, 0.6) is 0 Å². The summed E-state index contributed by atoms with van der Waals surface area (Å²) in [4.78, 5) is 14.7. The number of aromatic nitrogens is 3. The highest BCUT2D eigenvalue weighted by Gasteiger charge is 2.29. The second kappa shape index (κ2) is 6.79. The highest BCUT2D eigenvalue weighted by molar-refractivity contribution is 5.77. The summed E-state index contributed by atoms with van der Waals surface area (Å²) in [6, 6.07) is 2.33. The van der Waals surface area contributed by atoms with Crippen LogP contribution in [0.4, 0.5) is 0 Å². The lowest BCUT2D eigenvalue weighted by molar-refractivity contribution is -0.132. The molecule has 0 N–H and O–H groups in total. The van der Waals surface area contributed by atoms with Crippen LogP contribution in [-0.4, -0.2) is 38.3 Å². The van der Waals surface area contributed by atoms with Crippen molar-refractivity contribution in [3.8, 4) is 0 Å². The van der Waals surface area contributed by atoms with Crippen LogP contribution in [0.15, 0.2) is 10.6 Å². The molecular weight excluding hydrogens is 304 g/mol. The second-order valence-electron chi connectivity index (χ2n) is 6.80. The molecule has 1 aliphatic heterocycles. The van der Waals surface area contributed by atoms with Crippen molar-refractivity contribution < 1.29 is 9.32 Å². The lowest BCUT2D eigenvalue weighted by Gasteiger charge is -2.25. The summed E-state index contributed by atoms with van der Waals surface area (Å²) in [6.45, 7) is 9.55. The zero-order valence-electron chi connectivity index (χ0n) is 15.0. The van der Waals surface area contributed by atoms with Crippen LogP contribution >= 0.6 is 0 Å². The number of carbonyl (C=O) groups excluding carboxylic acids is 1. The Hall–Kier alpha value is -2.11. The summed E-state index contributed by atoms with van der Waals surface area (Å²) < 4.78 is 7.21. The van der Waals surface area contributed by atoms with E-state index in [9.17, 15) is 4.79 Å². The number of hydrogen-bond donors (Lipinski definition) is 0. The SMILES string of the molecule is Cc1cc(C)n(C[C@H]2CCCN2C(=O)CCc2c(C)noc2C)n1. The first-order valence-corrected chi connectivity index (χ1v) is 8.68. The zero-order chi connectivity index (χ0) is 17.3. The van der Waals surface area contributed by atoms with E-state index in [1.54, 1.807) is 0 Å². The molecule has 130 valence electrons. The van der Waals surface area contributed by atoms with Gasteiger partial charge in [0.25, 0.3) is 0 Å². The van der Waals surface area contributed by atoms with Crippen LogP contribution in [0.1, 0.15) is 47.7 Å². The summed E-state index contributed by atoms with van der Waals surface area (Å²) in [6.07, 6.45) is 3.33. The average Bonchev–Trinajstić information content (AvgIpc) is 3.20. The Morgan fingerprint density at radius 1 is 1.33 bits per heavy atom. The van der Waals surface area contributed by atoms with Gasteiger partial charge in [0.1, 0.15) is 5.76 Å². The molecule has 3 heterocycles. The van der Waals surface area contributed by atoms with Crippen LogP contribution in [-0.2, 0) is 17.8 Å². The van der Waals surface area contributed by atoms with Gasteiger partial charge >= 0.3 is 0 Å². The Morgan fingerprint density at radius 2 is 2.12 bits per heavy atom. The molecule has 1 amide bonds. The summed E-state index contributed by atoms with van der Waals surface area (Å²) in [5.74, 6) is 1.04. The van der Waals surface area contributed by atoms with E-state index < -0.39 is 0 Å². The fourth-order valence-corrected chi connectivity index (χ4v) is 3.65. The third-order valence-corrected chi connectivity index (χ3v) is 4.95. The van der Waals surface area contributed by atoms with E-state index >= 15 is 0 Å². The molecule has 3 rings (SSSR count).